The molecule has 2 aliphatic heterocycles. The minimum absolute atomic E-state index is 0.0767. The molecule has 0 saturated carbocycles. The lowest BCUT2D eigenvalue weighted by Crippen LogP contribution is -2.48. The van der Waals surface area contributed by atoms with Crippen molar-refractivity contribution in [1.82, 2.24) is 19.9 Å². The van der Waals surface area contributed by atoms with E-state index in [1.54, 1.807) is 13.0 Å². The van der Waals surface area contributed by atoms with Gasteiger partial charge in [-0.05, 0) is 29.7 Å². The Balaban J connectivity index is 1.09. The van der Waals surface area contributed by atoms with Gasteiger partial charge >= 0.3 is 5.97 Å². The minimum atomic E-state index is -1.05. The summed E-state index contributed by atoms with van der Waals surface area (Å²) in [4.78, 5) is 27.0. The molecule has 0 amide bonds. The Morgan fingerprint density at radius 1 is 1.11 bits per heavy atom. The fourth-order valence-electron chi connectivity index (χ4n) is 5.89. The maximum Gasteiger partial charge on any atom is 0.337 e. The third-order valence-electron chi connectivity index (χ3n) is 8.25. The van der Waals surface area contributed by atoms with Gasteiger partial charge in [-0.25, -0.2) is 9.78 Å². The second kappa shape index (κ2) is 13.2. The second-order valence-electron chi connectivity index (χ2n) is 11.7. The van der Waals surface area contributed by atoms with Crippen LogP contribution in [0.3, 0.4) is 0 Å². The number of methoxy groups -OCH3 is 1. The van der Waals surface area contributed by atoms with Crippen molar-refractivity contribution < 1.29 is 28.8 Å². The first-order chi connectivity index (χ1) is 21.3. The summed E-state index contributed by atoms with van der Waals surface area (Å²) in [6.07, 6.45) is 0.711. The summed E-state index contributed by atoms with van der Waals surface area (Å²) >= 11 is 6.66. The van der Waals surface area contributed by atoms with Crippen LogP contribution >= 0.6 is 11.6 Å². The van der Waals surface area contributed by atoms with E-state index in [-0.39, 0.29) is 12.7 Å². The van der Waals surface area contributed by atoms with Crippen LogP contribution in [0.15, 0.2) is 54.6 Å². The van der Waals surface area contributed by atoms with Gasteiger partial charge in [-0.15, -0.1) is 0 Å². The minimum Gasteiger partial charge on any atom is -0.467 e. The van der Waals surface area contributed by atoms with E-state index in [0.29, 0.717) is 66.5 Å². The Labute approximate surface area is 261 Å². The highest BCUT2D eigenvalue weighted by molar-refractivity contribution is 6.33. The number of rotatable bonds is 11. The molecule has 2 aromatic carbocycles. The number of aliphatic hydroxyl groups is 1. The SMILES string of the molecule is COC(=O)C1(C)CC(Oc2nc3nc(-c4ccc(-c5ccc(CN6CC(COCCO)C6)cc5)cc4)c(Cl)cc3[nH]2)CCO1. The third-order valence-corrected chi connectivity index (χ3v) is 8.54. The highest BCUT2D eigenvalue weighted by Crippen LogP contribution is 2.33. The van der Waals surface area contributed by atoms with Gasteiger partial charge in [0.15, 0.2) is 11.2 Å². The maximum absolute atomic E-state index is 12.2. The Kier molecular flexibility index (Phi) is 9.16. The zero-order chi connectivity index (χ0) is 30.7. The number of hydrogen-bond acceptors (Lipinski definition) is 9. The molecule has 6 rings (SSSR count). The van der Waals surface area contributed by atoms with Gasteiger partial charge in [-0.1, -0.05) is 60.1 Å². The number of aliphatic hydroxyl groups excluding tert-OH is 1. The number of carbonyl (C=O) groups excluding carboxylic acids is 1. The van der Waals surface area contributed by atoms with Crippen LogP contribution in [0.4, 0.5) is 0 Å². The Bertz CT molecular complexity index is 1590. The van der Waals surface area contributed by atoms with Gasteiger partial charge in [0, 0.05) is 44.0 Å². The molecule has 232 valence electrons. The fourth-order valence-corrected chi connectivity index (χ4v) is 6.15. The number of carbonyl (C=O) groups is 1. The van der Waals surface area contributed by atoms with E-state index >= 15 is 0 Å². The van der Waals surface area contributed by atoms with Gasteiger partial charge in [0.1, 0.15) is 6.10 Å². The average molecular weight is 621 g/mol. The number of ether oxygens (including phenoxy) is 4. The summed E-state index contributed by atoms with van der Waals surface area (Å²) in [5.41, 5.74) is 5.15. The van der Waals surface area contributed by atoms with Crippen molar-refractivity contribution in [1.29, 1.82) is 0 Å². The first-order valence-corrected chi connectivity index (χ1v) is 15.3. The number of esters is 1. The van der Waals surface area contributed by atoms with Crippen molar-refractivity contribution in [3.05, 3.63) is 65.2 Å². The number of pyridine rings is 1. The molecule has 11 heteroatoms. The molecule has 0 aliphatic carbocycles. The maximum atomic E-state index is 12.2. The molecule has 4 heterocycles. The number of likely N-dealkylation sites (tertiary alicyclic amines) is 1. The standard InChI is InChI=1S/C33H37ClN4O6/c1-33(31(40)41-2)16-26(11-13-43-33)44-32-35-28-15-27(34)29(36-30(28)37-32)25-9-7-24(8-10-25)23-5-3-21(4-6-23)17-38-18-22(19-38)20-42-14-12-39/h3-10,15,22,26,39H,11-14,16-20H2,1-2H3,(H,35,36,37). The number of nitrogens with one attached hydrogen (secondary N) is 1. The lowest BCUT2D eigenvalue weighted by Gasteiger charge is -2.39. The number of halogens is 1. The Morgan fingerprint density at radius 3 is 2.52 bits per heavy atom. The number of H-pyrrole nitrogens is 1. The van der Waals surface area contributed by atoms with E-state index < -0.39 is 11.6 Å². The Hall–Kier alpha value is -3.54. The van der Waals surface area contributed by atoms with Gasteiger partial charge in [-0.2, -0.15) is 4.98 Å². The quantitative estimate of drug-likeness (QED) is 0.179. The summed E-state index contributed by atoms with van der Waals surface area (Å²) in [5, 5.41) is 9.34. The lowest BCUT2D eigenvalue weighted by molar-refractivity contribution is -0.179. The molecule has 4 aromatic rings. The van der Waals surface area contributed by atoms with Crippen LogP contribution in [0.1, 0.15) is 25.3 Å². The van der Waals surface area contributed by atoms with Crippen molar-refractivity contribution >= 4 is 28.7 Å². The largest absolute Gasteiger partial charge is 0.467 e. The number of hydrogen-bond donors (Lipinski definition) is 2. The predicted octanol–water partition coefficient (Wildman–Crippen LogP) is 4.88. The number of imidazole rings is 1. The zero-order valence-corrected chi connectivity index (χ0v) is 25.7. The van der Waals surface area contributed by atoms with Crippen LogP contribution < -0.4 is 4.74 Å². The normalized spacial score (nSPS) is 20.9. The van der Waals surface area contributed by atoms with E-state index in [0.717, 1.165) is 36.3 Å². The van der Waals surface area contributed by atoms with E-state index in [2.05, 4.69) is 51.3 Å². The highest BCUT2D eigenvalue weighted by atomic mass is 35.5. The zero-order valence-electron chi connectivity index (χ0n) is 24.9. The summed E-state index contributed by atoms with van der Waals surface area (Å²) < 4.78 is 22.1. The molecule has 2 saturated heterocycles. The molecule has 0 spiro atoms. The van der Waals surface area contributed by atoms with Gasteiger partial charge in [0.05, 0.1) is 49.8 Å². The summed E-state index contributed by atoms with van der Waals surface area (Å²) in [6, 6.07) is 19.0. The Morgan fingerprint density at radius 2 is 1.82 bits per heavy atom. The molecule has 2 fully saturated rings. The molecule has 2 aromatic heterocycles. The smallest absolute Gasteiger partial charge is 0.337 e. The van der Waals surface area contributed by atoms with Crippen LogP contribution in [0.2, 0.25) is 5.02 Å². The number of nitrogens with zero attached hydrogens (tertiary/aromatic N) is 3. The average Bonchev–Trinajstić information content (AvgIpc) is 3.40. The van der Waals surface area contributed by atoms with E-state index in [4.69, 9.17) is 40.6 Å². The summed E-state index contributed by atoms with van der Waals surface area (Å²) in [6.45, 7) is 6.27. The first-order valence-electron chi connectivity index (χ1n) is 14.9. The van der Waals surface area contributed by atoms with Crippen LogP contribution in [0, 0.1) is 5.92 Å². The molecule has 2 atom stereocenters. The molecule has 44 heavy (non-hydrogen) atoms. The van der Waals surface area contributed by atoms with Crippen LogP contribution in [0.25, 0.3) is 33.5 Å². The highest BCUT2D eigenvalue weighted by Gasteiger charge is 2.42. The number of fused-ring (bicyclic) bond motifs is 1. The number of benzene rings is 2. The van der Waals surface area contributed by atoms with Gasteiger partial charge in [0.2, 0.25) is 0 Å². The van der Waals surface area contributed by atoms with Crippen molar-refractivity contribution in [2.45, 2.75) is 38.0 Å². The van der Waals surface area contributed by atoms with Crippen LogP contribution in [0.5, 0.6) is 6.01 Å². The van der Waals surface area contributed by atoms with E-state index in [1.165, 1.54) is 12.7 Å². The first kappa shape index (κ1) is 30.5. The predicted molar refractivity (Wildman–Crippen MR) is 166 cm³/mol. The van der Waals surface area contributed by atoms with Crippen molar-refractivity contribution in [3.8, 4) is 28.4 Å². The topological polar surface area (TPSA) is 119 Å². The summed E-state index contributed by atoms with van der Waals surface area (Å²) in [7, 11) is 1.35. The van der Waals surface area contributed by atoms with Crippen LogP contribution in [-0.4, -0.2) is 89.3 Å². The lowest BCUT2D eigenvalue weighted by atomic mass is 9.94. The number of aromatic nitrogens is 3. The van der Waals surface area contributed by atoms with Crippen molar-refractivity contribution in [3.63, 3.8) is 0 Å². The van der Waals surface area contributed by atoms with Crippen LogP contribution in [-0.2, 0) is 25.5 Å². The van der Waals surface area contributed by atoms with E-state index in [1.807, 2.05) is 12.1 Å². The van der Waals surface area contributed by atoms with Gasteiger partial charge in [-0.3, -0.25) is 4.90 Å². The van der Waals surface area contributed by atoms with Gasteiger partial charge in [0.25, 0.3) is 6.01 Å². The van der Waals surface area contributed by atoms with E-state index in [9.17, 15) is 4.79 Å². The third kappa shape index (κ3) is 6.74. The monoisotopic (exact) mass is 620 g/mol. The van der Waals surface area contributed by atoms with Crippen molar-refractivity contribution in [2.75, 3.05) is 46.6 Å². The fraction of sp³-hybridized carbons (Fsp3) is 0.424. The molecular weight excluding hydrogens is 584 g/mol. The molecule has 2 unspecified atom stereocenters. The molecule has 2 aliphatic rings. The molecular formula is C33H37ClN4O6. The second-order valence-corrected chi connectivity index (χ2v) is 12.1. The molecule has 0 radical (unpaired) electrons. The molecule has 0 bridgehead atoms. The number of aromatic amines is 1. The van der Waals surface area contributed by atoms with Gasteiger partial charge < -0.3 is 29.0 Å². The summed E-state index contributed by atoms with van der Waals surface area (Å²) in [5.74, 6) is 0.129. The molecule has 10 nitrogen and oxygen atoms in total. The molecule has 2 N–H and O–H groups in total. The van der Waals surface area contributed by atoms with Crippen molar-refractivity contribution in [2.24, 2.45) is 5.92 Å².